The molecule has 0 aromatic rings. The zero-order chi connectivity index (χ0) is 16.5. The molecule has 0 saturated carbocycles. The van der Waals surface area contributed by atoms with Gasteiger partial charge in [0.05, 0.1) is 0 Å². The molecule has 0 aromatic heterocycles. The number of nitrogens with zero attached hydrogens (tertiary/aromatic N) is 2. The summed E-state index contributed by atoms with van der Waals surface area (Å²) in [6.45, 7) is 6.46. The third kappa shape index (κ3) is 2.83. The van der Waals surface area contributed by atoms with Crippen LogP contribution < -0.4 is 0 Å². The molecule has 0 radical (unpaired) electrons. The fourth-order valence-corrected chi connectivity index (χ4v) is 3.94. The van der Waals surface area contributed by atoms with Gasteiger partial charge in [0.15, 0.2) is 0 Å². The molecule has 0 aliphatic carbocycles. The van der Waals surface area contributed by atoms with Gasteiger partial charge in [-0.15, -0.1) is 0 Å². The van der Waals surface area contributed by atoms with Crippen molar-refractivity contribution in [3.05, 3.63) is 0 Å². The zero-order valence-corrected chi connectivity index (χ0v) is 13.7. The van der Waals surface area contributed by atoms with Gasteiger partial charge in [-0.25, -0.2) is 4.79 Å². The Morgan fingerprint density at radius 3 is 2.32 bits per heavy atom. The average molecular weight is 310 g/mol. The second-order valence-electron chi connectivity index (χ2n) is 6.89. The number of aliphatic carboxylic acids is 1. The highest BCUT2D eigenvalue weighted by atomic mass is 16.4. The molecule has 6 heteroatoms. The number of hydrogen-bond acceptors (Lipinski definition) is 3. The summed E-state index contributed by atoms with van der Waals surface area (Å²) in [5, 5.41) is 9.52. The summed E-state index contributed by atoms with van der Waals surface area (Å²) in [5.41, 5.74) is -0.797. The SMILES string of the molecule is CC(=O)N1CCC[C@]12CCCN([C@@H](CC(C)C)C(=O)O)C2=O. The van der Waals surface area contributed by atoms with Crippen LogP contribution in [0.25, 0.3) is 0 Å². The van der Waals surface area contributed by atoms with Crippen molar-refractivity contribution in [2.45, 2.75) is 64.5 Å². The number of amides is 2. The van der Waals surface area contributed by atoms with Gasteiger partial charge in [-0.2, -0.15) is 0 Å². The standard InChI is InChI=1S/C16H26N2O4/c1-11(2)10-13(14(20)21)17-8-4-6-16(15(17)22)7-5-9-18(16)12(3)19/h11,13H,4-10H2,1-3H3,(H,20,21)/t13-,16-/m0/s1. The second-order valence-corrected chi connectivity index (χ2v) is 6.89. The maximum Gasteiger partial charge on any atom is 0.326 e. The highest BCUT2D eigenvalue weighted by molar-refractivity contribution is 5.94. The molecule has 1 spiro atoms. The number of carbonyl (C=O) groups excluding carboxylic acids is 2. The van der Waals surface area contributed by atoms with E-state index in [1.165, 1.54) is 11.8 Å². The summed E-state index contributed by atoms with van der Waals surface area (Å²) >= 11 is 0. The highest BCUT2D eigenvalue weighted by Crippen LogP contribution is 2.39. The first-order chi connectivity index (χ1) is 10.3. The molecule has 2 amide bonds. The minimum Gasteiger partial charge on any atom is -0.480 e. The van der Waals surface area contributed by atoms with Gasteiger partial charge >= 0.3 is 5.97 Å². The zero-order valence-electron chi connectivity index (χ0n) is 13.7. The summed E-state index contributed by atoms with van der Waals surface area (Å²) < 4.78 is 0. The van der Waals surface area contributed by atoms with Crippen molar-refractivity contribution in [3.63, 3.8) is 0 Å². The van der Waals surface area contributed by atoms with E-state index in [4.69, 9.17) is 0 Å². The van der Waals surface area contributed by atoms with Crippen LogP contribution in [0.1, 0.15) is 52.9 Å². The number of piperidine rings is 1. The Hall–Kier alpha value is -1.59. The molecule has 2 rings (SSSR count). The van der Waals surface area contributed by atoms with Gasteiger partial charge < -0.3 is 14.9 Å². The summed E-state index contributed by atoms with van der Waals surface area (Å²) in [6, 6.07) is -0.793. The summed E-state index contributed by atoms with van der Waals surface area (Å²) in [4.78, 5) is 39.7. The second kappa shape index (κ2) is 6.26. The third-order valence-corrected chi connectivity index (χ3v) is 4.87. The lowest BCUT2D eigenvalue weighted by Gasteiger charge is -2.46. The van der Waals surface area contributed by atoms with Crippen molar-refractivity contribution < 1.29 is 19.5 Å². The molecule has 22 heavy (non-hydrogen) atoms. The lowest BCUT2D eigenvalue weighted by Crippen LogP contribution is -2.64. The van der Waals surface area contributed by atoms with E-state index in [9.17, 15) is 19.5 Å². The number of carboxylic acid groups (broad SMARTS) is 1. The van der Waals surface area contributed by atoms with E-state index in [-0.39, 0.29) is 17.7 Å². The number of hydrogen-bond donors (Lipinski definition) is 1. The Balaban J connectivity index is 2.29. The van der Waals surface area contributed by atoms with Crippen LogP contribution in [0, 0.1) is 5.92 Å². The average Bonchev–Trinajstić information content (AvgIpc) is 2.84. The third-order valence-electron chi connectivity index (χ3n) is 4.87. The largest absolute Gasteiger partial charge is 0.480 e. The topological polar surface area (TPSA) is 77.9 Å². The molecular formula is C16H26N2O4. The van der Waals surface area contributed by atoms with Crippen LogP contribution in [0.3, 0.4) is 0 Å². The van der Waals surface area contributed by atoms with E-state index in [1.54, 1.807) is 4.90 Å². The molecule has 2 heterocycles. The first-order valence-corrected chi connectivity index (χ1v) is 8.11. The molecule has 0 aromatic carbocycles. The van der Waals surface area contributed by atoms with E-state index in [1.807, 2.05) is 13.8 Å². The van der Waals surface area contributed by atoms with Crippen molar-refractivity contribution in [3.8, 4) is 0 Å². The quantitative estimate of drug-likeness (QED) is 0.853. The minimum atomic E-state index is -0.952. The Morgan fingerprint density at radius 1 is 1.23 bits per heavy atom. The Kier molecular flexibility index (Phi) is 4.78. The van der Waals surface area contributed by atoms with E-state index >= 15 is 0 Å². The lowest BCUT2D eigenvalue weighted by atomic mass is 9.84. The lowest BCUT2D eigenvalue weighted by molar-refractivity contribution is -0.163. The molecule has 2 saturated heterocycles. The predicted molar refractivity (Wildman–Crippen MR) is 81.2 cm³/mol. The Bertz CT molecular complexity index is 477. The number of likely N-dealkylation sites (tertiary alicyclic amines) is 2. The number of carbonyl (C=O) groups is 3. The van der Waals surface area contributed by atoms with Crippen molar-refractivity contribution in [2.24, 2.45) is 5.92 Å². The van der Waals surface area contributed by atoms with E-state index in [0.717, 1.165) is 12.8 Å². The molecule has 1 N–H and O–H groups in total. The Labute approximate surface area is 131 Å². The predicted octanol–water partition coefficient (Wildman–Crippen LogP) is 1.49. The van der Waals surface area contributed by atoms with Crippen molar-refractivity contribution in [1.82, 2.24) is 9.80 Å². The van der Waals surface area contributed by atoms with Crippen LogP contribution in [-0.4, -0.2) is 57.4 Å². The van der Waals surface area contributed by atoms with Crippen LogP contribution in [-0.2, 0) is 14.4 Å². The summed E-state index contributed by atoms with van der Waals surface area (Å²) in [7, 11) is 0. The first-order valence-electron chi connectivity index (χ1n) is 8.11. The molecule has 2 atom stereocenters. The molecular weight excluding hydrogens is 284 g/mol. The van der Waals surface area contributed by atoms with Gasteiger partial charge in [-0.1, -0.05) is 13.8 Å². The minimum absolute atomic E-state index is 0.0940. The normalized spacial score (nSPS) is 26.8. The number of carboxylic acids is 1. The van der Waals surface area contributed by atoms with E-state index in [2.05, 4.69) is 0 Å². The molecule has 124 valence electrons. The van der Waals surface area contributed by atoms with Gasteiger partial charge in [0.25, 0.3) is 0 Å². The monoisotopic (exact) mass is 310 g/mol. The van der Waals surface area contributed by atoms with Gasteiger partial charge in [0.1, 0.15) is 11.6 Å². The number of rotatable bonds is 4. The highest BCUT2D eigenvalue weighted by Gasteiger charge is 2.53. The van der Waals surface area contributed by atoms with Gasteiger partial charge in [0, 0.05) is 20.0 Å². The summed E-state index contributed by atoms with van der Waals surface area (Å²) in [6.07, 6.45) is 3.29. The molecule has 6 nitrogen and oxygen atoms in total. The maximum absolute atomic E-state index is 13.1. The molecule has 0 unspecified atom stereocenters. The van der Waals surface area contributed by atoms with E-state index in [0.29, 0.717) is 32.4 Å². The molecule has 2 aliphatic rings. The molecule has 2 fully saturated rings. The maximum atomic E-state index is 13.1. The van der Waals surface area contributed by atoms with Crippen molar-refractivity contribution >= 4 is 17.8 Å². The molecule has 0 bridgehead atoms. The fourth-order valence-electron chi connectivity index (χ4n) is 3.94. The van der Waals surface area contributed by atoms with Crippen molar-refractivity contribution in [1.29, 1.82) is 0 Å². The fraction of sp³-hybridized carbons (Fsp3) is 0.812. The van der Waals surface area contributed by atoms with Crippen LogP contribution in [0.2, 0.25) is 0 Å². The van der Waals surface area contributed by atoms with Crippen LogP contribution in [0.15, 0.2) is 0 Å². The van der Waals surface area contributed by atoms with Crippen LogP contribution in [0.5, 0.6) is 0 Å². The van der Waals surface area contributed by atoms with Gasteiger partial charge in [-0.3, -0.25) is 9.59 Å². The first kappa shape index (κ1) is 16.8. The Morgan fingerprint density at radius 2 is 1.82 bits per heavy atom. The van der Waals surface area contributed by atoms with Gasteiger partial charge in [-0.05, 0) is 38.0 Å². The van der Waals surface area contributed by atoms with Crippen molar-refractivity contribution in [2.75, 3.05) is 13.1 Å². The van der Waals surface area contributed by atoms with Crippen LogP contribution in [0.4, 0.5) is 0 Å². The van der Waals surface area contributed by atoms with Crippen LogP contribution >= 0.6 is 0 Å². The summed E-state index contributed by atoms with van der Waals surface area (Å²) in [5.74, 6) is -1.02. The van der Waals surface area contributed by atoms with E-state index < -0.39 is 17.6 Å². The van der Waals surface area contributed by atoms with Gasteiger partial charge in [0.2, 0.25) is 11.8 Å². The molecule has 2 aliphatic heterocycles. The smallest absolute Gasteiger partial charge is 0.326 e.